The minimum Gasteiger partial charge on any atom is -0.317 e. The van der Waals surface area contributed by atoms with E-state index in [0.29, 0.717) is 6.04 Å². The van der Waals surface area contributed by atoms with Gasteiger partial charge < -0.3 is 5.32 Å². The maximum atomic E-state index is 6.35. The standard InChI is InChI=1S/C18H28ClN/c1-13-9-10-15(17(11-13)20-4)18(2,3)12-14-7-5-6-8-16(14)19/h5-8,13,15,17,20H,9-12H2,1-4H3. The molecule has 2 rings (SSSR count). The quantitative estimate of drug-likeness (QED) is 0.830. The van der Waals surface area contributed by atoms with E-state index in [1.165, 1.54) is 24.8 Å². The first kappa shape index (κ1) is 15.9. The van der Waals surface area contributed by atoms with Crippen LogP contribution in [0.4, 0.5) is 0 Å². The highest BCUT2D eigenvalue weighted by molar-refractivity contribution is 6.31. The first-order valence-electron chi connectivity index (χ1n) is 7.84. The lowest BCUT2D eigenvalue weighted by molar-refractivity contribution is 0.0981. The van der Waals surface area contributed by atoms with Crippen LogP contribution in [0.25, 0.3) is 0 Å². The summed E-state index contributed by atoms with van der Waals surface area (Å²) in [6.45, 7) is 7.18. The van der Waals surface area contributed by atoms with Gasteiger partial charge in [0.1, 0.15) is 0 Å². The molecule has 0 radical (unpaired) electrons. The van der Waals surface area contributed by atoms with Crippen LogP contribution in [0.3, 0.4) is 0 Å². The predicted molar refractivity (Wildman–Crippen MR) is 88.3 cm³/mol. The summed E-state index contributed by atoms with van der Waals surface area (Å²) in [6, 6.07) is 8.92. The van der Waals surface area contributed by atoms with E-state index in [1.807, 2.05) is 12.1 Å². The second kappa shape index (κ2) is 6.49. The van der Waals surface area contributed by atoms with Gasteiger partial charge in [0, 0.05) is 11.1 Å². The van der Waals surface area contributed by atoms with Gasteiger partial charge in [0.15, 0.2) is 0 Å². The Balaban J connectivity index is 2.14. The molecule has 0 spiro atoms. The number of benzene rings is 1. The van der Waals surface area contributed by atoms with E-state index in [2.05, 4.69) is 45.3 Å². The zero-order valence-corrected chi connectivity index (χ0v) is 14.0. The van der Waals surface area contributed by atoms with Crippen LogP contribution in [0.2, 0.25) is 5.02 Å². The molecule has 1 aliphatic carbocycles. The van der Waals surface area contributed by atoms with Crippen molar-refractivity contribution in [3.05, 3.63) is 34.9 Å². The second-order valence-electron chi connectivity index (χ2n) is 7.18. The van der Waals surface area contributed by atoms with Crippen molar-refractivity contribution >= 4 is 11.6 Å². The Labute approximate surface area is 129 Å². The summed E-state index contributed by atoms with van der Waals surface area (Å²) in [5.74, 6) is 1.57. The van der Waals surface area contributed by atoms with Crippen molar-refractivity contribution in [2.75, 3.05) is 7.05 Å². The first-order valence-corrected chi connectivity index (χ1v) is 8.22. The van der Waals surface area contributed by atoms with Gasteiger partial charge in [-0.05, 0) is 55.2 Å². The van der Waals surface area contributed by atoms with Gasteiger partial charge in [0.25, 0.3) is 0 Å². The lowest BCUT2D eigenvalue weighted by Crippen LogP contribution is -2.46. The van der Waals surface area contributed by atoms with Crippen LogP contribution in [0, 0.1) is 17.3 Å². The molecule has 0 aromatic heterocycles. The van der Waals surface area contributed by atoms with Crippen LogP contribution in [0.15, 0.2) is 24.3 Å². The van der Waals surface area contributed by atoms with Crippen molar-refractivity contribution in [3.8, 4) is 0 Å². The fourth-order valence-corrected chi connectivity index (χ4v) is 4.10. The average Bonchev–Trinajstić information content (AvgIpc) is 2.40. The van der Waals surface area contributed by atoms with Crippen LogP contribution < -0.4 is 5.32 Å². The molecule has 1 saturated carbocycles. The third-order valence-corrected chi connectivity index (χ3v) is 5.46. The Morgan fingerprint density at radius 1 is 1.25 bits per heavy atom. The second-order valence-corrected chi connectivity index (χ2v) is 7.58. The summed E-state index contributed by atoms with van der Waals surface area (Å²) in [4.78, 5) is 0. The minimum atomic E-state index is 0.277. The number of hydrogen-bond donors (Lipinski definition) is 1. The molecule has 1 aliphatic rings. The molecule has 0 aliphatic heterocycles. The fourth-order valence-electron chi connectivity index (χ4n) is 3.90. The lowest BCUT2D eigenvalue weighted by atomic mass is 9.64. The van der Waals surface area contributed by atoms with Crippen molar-refractivity contribution in [2.24, 2.45) is 17.3 Å². The monoisotopic (exact) mass is 293 g/mol. The molecular weight excluding hydrogens is 266 g/mol. The first-order chi connectivity index (χ1) is 9.44. The third kappa shape index (κ3) is 3.56. The molecule has 1 fully saturated rings. The van der Waals surface area contributed by atoms with E-state index in [-0.39, 0.29) is 5.41 Å². The summed E-state index contributed by atoms with van der Waals surface area (Å²) < 4.78 is 0. The lowest BCUT2D eigenvalue weighted by Gasteiger charge is -2.44. The van der Waals surface area contributed by atoms with E-state index in [1.54, 1.807) is 0 Å². The minimum absolute atomic E-state index is 0.277. The zero-order chi connectivity index (χ0) is 14.8. The SMILES string of the molecule is CNC1CC(C)CCC1C(C)(C)Cc1ccccc1Cl. The van der Waals surface area contributed by atoms with E-state index < -0.39 is 0 Å². The molecule has 1 aromatic carbocycles. The summed E-state index contributed by atoms with van der Waals surface area (Å²) in [6.07, 6.45) is 5.04. The Kier molecular flexibility index (Phi) is 5.14. The maximum Gasteiger partial charge on any atom is 0.0438 e. The summed E-state index contributed by atoms with van der Waals surface area (Å²) in [7, 11) is 2.11. The fraction of sp³-hybridized carbons (Fsp3) is 0.667. The molecule has 2 heteroatoms. The average molecular weight is 294 g/mol. The topological polar surface area (TPSA) is 12.0 Å². The molecule has 112 valence electrons. The van der Waals surface area contributed by atoms with Crippen molar-refractivity contribution in [2.45, 2.75) is 52.5 Å². The van der Waals surface area contributed by atoms with Gasteiger partial charge in [-0.2, -0.15) is 0 Å². The number of nitrogens with one attached hydrogen (secondary N) is 1. The molecule has 20 heavy (non-hydrogen) atoms. The Morgan fingerprint density at radius 2 is 1.95 bits per heavy atom. The van der Waals surface area contributed by atoms with Gasteiger partial charge in [-0.15, -0.1) is 0 Å². The van der Waals surface area contributed by atoms with E-state index >= 15 is 0 Å². The van der Waals surface area contributed by atoms with Crippen molar-refractivity contribution in [3.63, 3.8) is 0 Å². The van der Waals surface area contributed by atoms with Gasteiger partial charge in [-0.1, -0.05) is 57.0 Å². The molecular formula is C18H28ClN. The van der Waals surface area contributed by atoms with E-state index in [4.69, 9.17) is 11.6 Å². The maximum absolute atomic E-state index is 6.35. The molecule has 3 unspecified atom stereocenters. The molecule has 1 aromatic rings. The highest BCUT2D eigenvalue weighted by atomic mass is 35.5. The number of hydrogen-bond acceptors (Lipinski definition) is 1. The predicted octanol–water partition coefficient (Wildman–Crippen LogP) is 4.93. The summed E-state index contributed by atoms with van der Waals surface area (Å²) in [5, 5.41) is 4.47. The van der Waals surface area contributed by atoms with Crippen molar-refractivity contribution in [1.82, 2.24) is 5.32 Å². The normalized spacial score (nSPS) is 27.6. The molecule has 0 saturated heterocycles. The van der Waals surface area contributed by atoms with Gasteiger partial charge in [-0.25, -0.2) is 0 Å². The van der Waals surface area contributed by atoms with Gasteiger partial charge in [0.2, 0.25) is 0 Å². The number of rotatable bonds is 4. The Bertz CT molecular complexity index is 441. The molecule has 3 atom stereocenters. The molecule has 1 N–H and O–H groups in total. The Morgan fingerprint density at radius 3 is 2.60 bits per heavy atom. The van der Waals surface area contributed by atoms with Crippen LogP contribution in [-0.4, -0.2) is 13.1 Å². The van der Waals surface area contributed by atoms with Crippen molar-refractivity contribution < 1.29 is 0 Å². The van der Waals surface area contributed by atoms with Gasteiger partial charge in [-0.3, -0.25) is 0 Å². The highest BCUT2D eigenvalue weighted by Gasteiger charge is 2.38. The van der Waals surface area contributed by atoms with E-state index in [9.17, 15) is 0 Å². The highest BCUT2D eigenvalue weighted by Crippen LogP contribution is 2.42. The molecule has 1 nitrogen and oxygen atoms in total. The van der Waals surface area contributed by atoms with E-state index in [0.717, 1.165) is 23.3 Å². The van der Waals surface area contributed by atoms with Gasteiger partial charge in [0.05, 0.1) is 0 Å². The molecule has 0 bridgehead atoms. The van der Waals surface area contributed by atoms with Crippen LogP contribution in [0.1, 0.15) is 45.6 Å². The smallest absolute Gasteiger partial charge is 0.0438 e. The van der Waals surface area contributed by atoms with Crippen LogP contribution in [-0.2, 0) is 6.42 Å². The Hall–Kier alpha value is -0.530. The van der Waals surface area contributed by atoms with Crippen LogP contribution >= 0.6 is 11.6 Å². The molecule has 0 amide bonds. The van der Waals surface area contributed by atoms with Crippen molar-refractivity contribution in [1.29, 1.82) is 0 Å². The molecule has 0 heterocycles. The zero-order valence-electron chi connectivity index (χ0n) is 13.2. The largest absolute Gasteiger partial charge is 0.317 e. The van der Waals surface area contributed by atoms with Gasteiger partial charge >= 0.3 is 0 Å². The summed E-state index contributed by atoms with van der Waals surface area (Å²) in [5.41, 5.74) is 1.56. The summed E-state index contributed by atoms with van der Waals surface area (Å²) >= 11 is 6.35. The van der Waals surface area contributed by atoms with Crippen LogP contribution in [0.5, 0.6) is 0 Å². The number of halogens is 1. The third-order valence-electron chi connectivity index (χ3n) is 5.09.